The van der Waals surface area contributed by atoms with Crippen molar-refractivity contribution in [1.82, 2.24) is 5.32 Å². The zero-order valence-electron chi connectivity index (χ0n) is 19.2. The summed E-state index contributed by atoms with van der Waals surface area (Å²) in [5.41, 5.74) is 3.09. The first-order valence-corrected chi connectivity index (χ1v) is 11.1. The van der Waals surface area contributed by atoms with E-state index < -0.39 is 23.8 Å². The van der Waals surface area contributed by atoms with E-state index in [2.05, 4.69) is 22.5 Å². The molecule has 170 valence electrons. The lowest BCUT2D eigenvalue weighted by Gasteiger charge is -2.21. The van der Waals surface area contributed by atoms with Crippen LogP contribution >= 0.6 is 11.6 Å². The summed E-state index contributed by atoms with van der Waals surface area (Å²) in [5, 5.41) is 5.97. The van der Waals surface area contributed by atoms with Crippen molar-refractivity contribution in [2.24, 2.45) is 10.9 Å². The number of benzodiazepines with no additional fused rings is 1. The number of rotatable bonds is 2. The number of ether oxygens (including phenoxy) is 1. The van der Waals surface area contributed by atoms with Gasteiger partial charge in [0.2, 0.25) is 6.17 Å². The minimum absolute atomic E-state index is 0.445. The molecule has 2 aromatic carbocycles. The number of anilines is 1. The number of halogens is 1. The maximum absolute atomic E-state index is 12.7. The number of nitrogens with zero attached hydrogens (tertiary/aromatic N) is 1. The van der Waals surface area contributed by atoms with Crippen molar-refractivity contribution in [2.75, 3.05) is 5.32 Å². The average molecular weight is 456 g/mol. The fourth-order valence-electron chi connectivity index (χ4n) is 2.94. The van der Waals surface area contributed by atoms with Crippen molar-refractivity contribution in [3.8, 4) is 0 Å². The third-order valence-electron chi connectivity index (χ3n) is 4.83. The van der Waals surface area contributed by atoms with Crippen LogP contribution in [0.25, 0.3) is 0 Å². The molecule has 1 atom stereocenters. The van der Waals surface area contributed by atoms with E-state index in [1.165, 1.54) is 12.8 Å². The highest BCUT2D eigenvalue weighted by Crippen LogP contribution is 2.27. The molecule has 2 aliphatic rings. The van der Waals surface area contributed by atoms with Crippen LogP contribution in [0.5, 0.6) is 0 Å². The highest BCUT2D eigenvalue weighted by atomic mass is 35.5. The Morgan fingerprint density at radius 3 is 2.34 bits per heavy atom. The van der Waals surface area contributed by atoms with Crippen LogP contribution in [0.3, 0.4) is 0 Å². The van der Waals surface area contributed by atoms with Crippen molar-refractivity contribution in [3.05, 3.63) is 64.2 Å². The third-order valence-corrected chi connectivity index (χ3v) is 5.08. The van der Waals surface area contributed by atoms with E-state index in [1.54, 1.807) is 32.9 Å². The van der Waals surface area contributed by atoms with Gasteiger partial charge in [-0.1, -0.05) is 55.1 Å². The number of benzene rings is 2. The van der Waals surface area contributed by atoms with Crippen LogP contribution in [0.2, 0.25) is 5.02 Å². The zero-order chi connectivity index (χ0) is 23.5. The number of carbonyl (C=O) groups excluding carboxylic acids is 2. The van der Waals surface area contributed by atoms with Gasteiger partial charge in [-0.15, -0.1) is 0 Å². The molecule has 1 aliphatic carbocycles. The van der Waals surface area contributed by atoms with Gasteiger partial charge in [-0.2, -0.15) is 0 Å². The van der Waals surface area contributed by atoms with E-state index in [1.807, 2.05) is 37.3 Å². The first-order chi connectivity index (χ1) is 15.0. The van der Waals surface area contributed by atoms with Crippen molar-refractivity contribution < 1.29 is 14.3 Å². The predicted octanol–water partition coefficient (Wildman–Crippen LogP) is 5.71. The predicted molar refractivity (Wildman–Crippen MR) is 128 cm³/mol. The molecule has 1 aliphatic heterocycles. The van der Waals surface area contributed by atoms with Gasteiger partial charge >= 0.3 is 6.09 Å². The maximum Gasteiger partial charge on any atom is 0.409 e. The molecule has 4 rings (SSSR count). The molecule has 0 spiro atoms. The SMILES string of the molecule is CC1CC1.Cc1ccc2c(c1)C(c1ccc(Cl)cc1)=NC(NC(=O)OC(C)(C)C)C(=O)N2. The Labute approximate surface area is 194 Å². The van der Waals surface area contributed by atoms with Crippen LogP contribution in [-0.4, -0.2) is 29.5 Å². The normalized spacial score (nSPS) is 17.6. The number of aryl methyl sites for hydroxylation is 1. The van der Waals surface area contributed by atoms with E-state index >= 15 is 0 Å². The molecule has 1 saturated carbocycles. The van der Waals surface area contributed by atoms with Gasteiger partial charge in [0.05, 0.1) is 11.4 Å². The Balaban J connectivity index is 0.000000650. The minimum atomic E-state index is -1.13. The molecule has 0 radical (unpaired) electrons. The third kappa shape index (κ3) is 6.82. The Hall–Kier alpha value is -2.86. The Kier molecular flexibility index (Phi) is 7.24. The molecule has 0 bridgehead atoms. The van der Waals surface area contributed by atoms with Gasteiger partial charge in [0, 0.05) is 16.1 Å². The molecular formula is C25H30ClN3O3. The number of hydrogen-bond acceptors (Lipinski definition) is 4. The molecule has 2 amide bonds. The lowest BCUT2D eigenvalue weighted by Crippen LogP contribution is -2.44. The summed E-state index contributed by atoms with van der Waals surface area (Å²) < 4.78 is 5.27. The number of aliphatic imine (C=N–C) groups is 1. The van der Waals surface area contributed by atoms with Gasteiger partial charge in [0.25, 0.3) is 5.91 Å². The summed E-state index contributed by atoms with van der Waals surface area (Å²) in [6.45, 7) is 9.49. The maximum atomic E-state index is 12.7. The Morgan fingerprint density at radius 2 is 1.78 bits per heavy atom. The Morgan fingerprint density at radius 1 is 1.16 bits per heavy atom. The number of alkyl carbamates (subject to hydrolysis) is 1. The largest absolute Gasteiger partial charge is 0.444 e. The lowest BCUT2D eigenvalue weighted by molar-refractivity contribution is -0.118. The number of fused-ring (bicyclic) bond motifs is 1. The second-order valence-corrected chi connectivity index (χ2v) is 9.69. The van der Waals surface area contributed by atoms with Crippen molar-refractivity contribution in [3.63, 3.8) is 0 Å². The summed E-state index contributed by atoms with van der Waals surface area (Å²) in [6, 6.07) is 12.8. The van der Waals surface area contributed by atoms with Crippen LogP contribution in [0.15, 0.2) is 47.5 Å². The van der Waals surface area contributed by atoms with Gasteiger partial charge in [-0.25, -0.2) is 9.79 Å². The molecule has 0 saturated heterocycles. The minimum Gasteiger partial charge on any atom is -0.444 e. The average Bonchev–Trinajstić information content (AvgIpc) is 3.49. The first-order valence-electron chi connectivity index (χ1n) is 10.8. The van der Waals surface area contributed by atoms with Crippen LogP contribution in [0.4, 0.5) is 10.5 Å². The van der Waals surface area contributed by atoms with Crippen molar-refractivity contribution in [2.45, 2.75) is 59.2 Å². The van der Waals surface area contributed by atoms with Gasteiger partial charge < -0.3 is 10.1 Å². The molecule has 0 aromatic heterocycles. The molecule has 1 unspecified atom stereocenters. The standard InChI is InChI=1S/C21H22ClN3O3.C4H8/c1-12-5-10-16-15(11-12)17(13-6-8-14(22)9-7-13)24-18(19(26)23-16)25-20(27)28-21(2,3)4;1-4-2-3-4/h5-11,18H,1-4H3,(H,23,26)(H,25,27);4H,2-3H2,1H3. The molecule has 2 aromatic rings. The van der Waals surface area contributed by atoms with E-state index in [-0.39, 0.29) is 0 Å². The zero-order valence-corrected chi connectivity index (χ0v) is 19.9. The number of hydrogen-bond donors (Lipinski definition) is 2. The van der Waals surface area contributed by atoms with Crippen molar-refractivity contribution >= 4 is 35.0 Å². The molecule has 2 N–H and O–H groups in total. The number of nitrogens with one attached hydrogen (secondary N) is 2. The lowest BCUT2D eigenvalue weighted by atomic mass is 9.99. The van der Waals surface area contributed by atoms with Gasteiger partial charge in [-0.05, 0) is 57.9 Å². The van der Waals surface area contributed by atoms with Gasteiger partial charge in [0.15, 0.2) is 0 Å². The van der Waals surface area contributed by atoms with Crippen molar-refractivity contribution in [1.29, 1.82) is 0 Å². The van der Waals surface area contributed by atoms with Crippen LogP contribution < -0.4 is 10.6 Å². The van der Waals surface area contributed by atoms with E-state index in [0.717, 1.165) is 22.6 Å². The molecule has 32 heavy (non-hydrogen) atoms. The number of amides is 2. The smallest absolute Gasteiger partial charge is 0.409 e. The van der Waals surface area contributed by atoms with E-state index in [0.29, 0.717) is 16.4 Å². The van der Waals surface area contributed by atoms with Crippen LogP contribution in [0.1, 0.15) is 57.2 Å². The van der Waals surface area contributed by atoms with Gasteiger partial charge in [0.1, 0.15) is 5.60 Å². The van der Waals surface area contributed by atoms with Crippen LogP contribution in [-0.2, 0) is 9.53 Å². The quantitative estimate of drug-likeness (QED) is 0.609. The first kappa shape index (κ1) is 23.8. The van der Waals surface area contributed by atoms with Gasteiger partial charge in [-0.3, -0.25) is 10.1 Å². The molecule has 1 fully saturated rings. The fourth-order valence-corrected chi connectivity index (χ4v) is 3.07. The summed E-state index contributed by atoms with van der Waals surface area (Å²) >= 11 is 6.01. The summed E-state index contributed by atoms with van der Waals surface area (Å²) in [7, 11) is 0. The topological polar surface area (TPSA) is 79.8 Å². The molecule has 6 nitrogen and oxygen atoms in total. The molecule has 1 heterocycles. The summed E-state index contributed by atoms with van der Waals surface area (Å²) in [6.07, 6.45) is 1.13. The van der Waals surface area contributed by atoms with E-state index in [9.17, 15) is 9.59 Å². The second-order valence-electron chi connectivity index (χ2n) is 9.25. The van der Waals surface area contributed by atoms with E-state index in [4.69, 9.17) is 16.3 Å². The summed E-state index contributed by atoms with van der Waals surface area (Å²) in [4.78, 5) is 29.4. The number of carbonyl (C=O) groups is 2. The fraction of sp³-hybridized carbons (Fsp3) is 0.400. The second kappa shape index (κ2) is 9.74. The summed E-state index contributed by atoms with van der Waals surface area (Å²) in [5.74, 6) is 0.639. The Bertz CT molecular complexity index is 1020. The highest BCUT2D eigenvalue weighted by Gasteiger charge is 2.29. The van der Waals surface area contributed by atoms with Crippen LogP contribution in [0, 0.1) is 12.8 Å². The monoisotopic (exact) mass is 455 g/mol. The highest BCUT2D eigenvalue weighted by molar-refractivity contribution is 6.30. The molecular weight excluding hydrogens is 426 g/mol. The molecule has 7 heteroatoms.